The maximum Gasteiger partial charge on any atom is 0.0238 e. The van der Waals surface area contributed by atoms with E-state index in [4.69, 9.17) is 0 Å². The van der Waals surface area contributed by atoms with E-state index in [2.05, 4.69) is 13.8 Å². The van der Waals surface area contributed by atoms with Gasteiger partial charge in [-0.1, -0.05) is 142 Å². The minimum Gasteiger partial charge on any atom is -0.314 e. The van der Waals surface area contributed by atoms with Crippen molar-refractivity contribution in [3.05, 3.63) is 0 Å². The first-order valence-corrected chi connectivity index (χ1v) is 13.2. The number of hydrogen-bond donors (Lipinski definition) is 1. The van der Waals surface area contributed by atoms with Gasteiger partial charge < -0.3 is 5.21 Å². The maximum atomic E-state index is 9.97. The van der Waals surface area contributed by atoms with Crippen LogP contribution in [-0.2, 0) is 0 Å². The fraction of sp³-hybridized carbons (Fsp3) is 1.00. The maximum absolute atomic E-state index is 9.97. The first-order valence-electron chi connectivity index (χ1n) is 13.2. The molecule has 0 saturated carbocycles. The van der Waals surface area contributed by atoms with E-state index in [1.165, 1.54) is 128 Å². The molecule has 2 heteroatoms. The first kappa shape index (κ1) is 27.9. The average molecular weight is 398 g/mol. The molecular weight excluding hydrogens is 342 g/mol. The summed E-state index contributed by atoms with van der Waals surface area (Å²) in [4.78, 5) is 0. The van der Waals surface area contributed by atoms with Gasteiger partial charge in [-0.15, -0.1) is 0 Å². The fourth-order valence-electron chi connectivity index (χ4n) is 4.03. The highest BCUT2D eigenvalue weighted by molar-refractivity contribution is 4.52. The van der Waals surface area contributed by atoms with E-state index in [1.807, 2.05) is 0 Å². The van der Waals surface area contributed by atoms with Crippen LogP contribution in [-0.4, -0.2) is 23.4 Å². The summed E-state index contributed by atoms with van der Waals surface area (Å²) in [5, 5.41) is 11.5. The van der Waals surface area contributed by atoms with Crippen LogP contribution < -0.4 is 0 Å². The zero-order valence-corrected chi connectivity index (χ0v) is 19.9. The Morgan fingerprint density at radius 3 is 0.821 bits per heavy atom. The monoisotopic (exact) mass is 397 g/mol. The van der Waals surface area contributed by atoms with Gasteiger partial charge in [-0.2, -0.15) is 5.06 Å². The molecule has 0 rings (SSSR count). The fourth-order valence-corrected chi connectivity index (χ4v) is 4.03. The van der Waals surface area contributed by atoms with E-state index in [9.17, 15) is 5.21 Å². The number of hydrogen-bond acceptors (Lipinski definition) is 2. The van der Waals surface area contributed by atoms with Crippen molar-refractivity contribution in [1.29, 1.82) is 0 Å². The minimum atomic E-state index is 0.870. The Morgan fingerprint density at radius 2 is 0.571 bits per heavy atom. The normalized spacial score (nSPS) is 11.6. The topological polar surface area (TPSA) is 23.5 Å². The van der Waals surface area contributed by atoms with Gasteiger partial charge in [0.1, 0.15) is 0 Å². The lowest BCUT2D eigenvalue weighted by Crippen LogP contribution is -2.21. The summed E-state index contributed by atoms with van der Waals surface area (Å²) in [5.41, 5.74) is 0. The molecule has 1 N–H and O–H groups in total. The van der Waals surface area contributed by atoms with Gasteiger partial charge >= 0.3 is 0 Å². The van der Waals surface area contributed by atoms with Crippen molar-refractivity contribution in [3.8, 4) is 0 Å². The van der Waals surface area contributed by atoms with Crippen molar-refractivity contribution >= 4 is 0 Å². The lowest BCUT2D eigenvalue weighted by molar-refractivity contribution is -0.0925. The summed E-state index contributed by atoms with van der Waals surface area (Å²) in [6.45, 7) is 6.31. The average Bonchev–Trinajstić information content (AvgIpc) is 2.70. The van der Waals surface area contributed by atoms with Crippen LogP contribution in [0.3, 0.4) is 0 Å². The third-order valence-electron chi connectivity index (χ3n) is 6.04. The second kappa shape index (κ2) is 25.0. The minimum absolute atomic E-state index is 0.870. The van der Waals surface area contributed by atoms with Gasteiger partial charge in [0, 0.05) is 13.1 Å². The Kier molecular flexibility index (Phi) is 24.9. The van der Waals surface area contributed by atoms with Gasteiger partial charge in [-0.3, -0.25) is 0 Å². The Morgan fingerprint density at radius 1 is 0.357 bits per heavy atom. The highest BCUT2D eigenvalue weighted by Gasteiger charge is 2.00. The van der Waals surface area contributed by atoms with E-state index < -0.39 is 0 Å². The predicted octanol–water partition coefficient (Wildman–Crippen LogP) is 9.30. The molecule has 0 aromatic heterocycles. The summed E-state index contributed by atoms with van der Waals surface area (Å²) in [7, 11) is 0. The highest BCUT2D eigenvalue weighted by atomic mass is 16.5. The molecule has 0 aliphatic heterocycles. The van der Waals surface area contributed by atoms with Crippen molar-refractivity contribution in [2.24, 2.45) is 0 Å². The molecule has 0 atom stereocenters. The van der Waals surface area contributed by atoms with Crippen molar-refractivity contribution in [2.75, 3.05) is 13.1 Å². The highest BCUT2D eigenvalue weighted by Crippen LogP contribution is 2.13. The Balaban J connectivity index is 3.12. The van der Waals surface area contributed by atoms with E-state index in [0.717, 1.165) is 25.9 Å². The third kappa shape index (κ3) is 24.0. The Bertz CT molecular complexity index is 243. The van der Waals surface area contributed by atoms with Crippen LogP contribution in [0.4, 0.5) is 0 Å². The van der Waals surface area contributed by atoms with Crippen molar-refractivity contribution < 1.29 is 5.21 Å². The summed E-state index contributed by atoms with van der Waals surface area (Å²) >= 11 is 0. The molecule has 0 bridgehead atoms. The number of rotatable bonds is 24. The summed E-state index contributed by atoms with van der Waals surface area (Å²) in [6, 6.07) is 0. The number of hydroxylamine groups is 2. The van der Waals surface area contributed by atoms with Crippen LogP contribution in [0, 0.1) is 0 Å². The predicted molar refractivity (Wildman–Crippen MR) is 126 cm³/mol. The molecule has 0 aromatic rings. The molecule has 0 saturated heterocycles. The Hall–Kier alpha value is -0.0800. The van der Waals surface area contributed by atoms with Gasteiger partial charge in [0.2, 0.25) is 0 Å². The van der Waals surface area contributed by atoms with Gasteiger partial charge in [-0.05, 0) is 12.8 Å². The van der Waals surface area contributed by atoms with Gasteiger partial charge in [0.05, 0.1) is 0 Å². The molecule has 0 heterocycles. The first-order chi connectivity index (χ1) is 13.8. The second-order valence-electron chi connectivity index (χ2n) is 9.02. The van der Waals surface area contributed by atoms with E-state index >= 15 is 0 Å². The van der Waals surface area contributed by atoms with Gasteiger partial charge in [-0.25, -0.2) is 0 Å². The summed E-state index contributed by atoms with van der Waals surface area (Å²) in [6.07, 6.45) is 30.2. The molecule has 28 heavy (non-hydrogen) atoms. The van der Waals surface area contributed by atoms with Gasteiger partial charge in [0.25, 0.3) is 0 Å². The zero-order chi connectivity index (χ0) is 20.5. The van der Waals surface area contributed by atoms with Crippen molar-refractivity contribution in [3.63, 3.8) is 0 Å². The van der Waals surface area contributed by atoms with E-state index in [1.54, 1.807) is 5.06 Å². The van der Waals surface area contributed by atoms with E-state index in [-0.39, 0.29) is 0 Å². The lowest BCUT2D eigenvalue weighted by Gasteiger charge is -2.14. The zero-order valence-electron chi connectivity index (χ0n) is 19.9. The van der Waals surface area contributed by atoms with Crippen LogP contribution in [0.1, 0.15) is 155 Å². The molecule has 0 amide bonds. The molecule has 0 aliphatic rings. The van der Waals surface area contributed by atoms with Crippen LogP contribution in [0.2, 0.25) is 0 Å². The number of unbranched alkanes of at least 4 members (excludes halogenated alkanes) is 20. The molecule has 0 radical (unpaired) electrons. The van der Waals surface area contributed by atoms with Gasteiger partial charge in [0.15, 0.2) is 0 Å². The quantitative estimate of drug-likeness (QED) is 0.129. The van der Waals surface area contributed by atoms with Crippen LogP contribution in [0.25, 0.3) is 0 Å². The molecule has 0 spiro atoms. The van der Waals surface area contributed by atoms with Crippen molar-refractivity contribution in [2.45, 2.75) is 155 Å². The Labute approximate surface area is 178 Å². The largest absolute Gasteiger partial charge is 0.314 e. The molecule has 0 unspecified atom stereocenters. The van der Waals surface area contributed by atoms with Crippen molar-refractivity contribution in [1.82, 2.24) is 5.06 Å². The third-order valence-corrected chi connectivity index (χ3v) is 6.04. The van der Waals surface area contributed by atoms with E-state index in [0.29, 0.717) is 0 Å². The number of nitrogens with zero attached hydrogens (tertiary/aromatic N) is 1. The molecule has 0 aliphatic carbocycles. The SMILES string of the molecule is CCCCCCCCCCCCCN(O)CCCCCCCCCCCCC. The molecule has 0 fully saturated rings. The lowest BCUT2D eigenvalue weighted by atomic mass is 10.1. The summed E-state index contributed by atoms with van der Waals surface area (Å²) < 4.78 is 0. The molecule has 2 nitrogen and oxygen atoms in total. The molecule has 0 aromatic carbocycles. The smallest absolute Gasteiger partial charge is 0.0238 e. The standard InChI is InChI=1S/C26H55NO/c1-3-5-7-9-11-13-15-17-19-21-23-25-27(28)26-24-22-20-18-16-14-12-10-8-6-4-2/h28H,3-26H2,1-2H3. The molecule has 170 valence electrons. The van der Waals surface area contributed by atoms with Crippen LogP contribution in [0.15, 0.2) is 0 Å². The summed E-state index contributed by atoms with van der Waals surface area (Å²) in [5.74, 6) is 0. The molecular formula is C26H55NO. The van der Waals surface area contributed by atoms with Crippen LogP contribution in [0.5, 0.6) is 0 Å². The van der Waals surface area contributed by atoms with Crippen LogP contribution >= 0.6 is 0 Å². The second-order valence-corrected chi connectivity index (χ2v) is 9.02.